The maximum atomic E-state index is 12.3. The third-order valence-electron chi connectivity index (χ3n) is 4.58. The Labute approximate surface area is 165 Å². The first-order chi connectivity index (χ1) is 13.1. The number of likely N-dealkylation sites (N-methyl/N-ethyl adjacent to an activating group) is 1. The number of nitrogens with one attached hydrogen (secondary N) is 3. The summed E-state index contributed by atoms with van der Waals surface area (Å²) >= 11 is 0. The molecule has 1 saturated carbocycles. The zero-order valence-corrected chi connectivity index (χ0v) is 16.9. The number of nitrogens with zero attached hydrogens (tertiary/aromatic N) is 1. The number of carbonyl (C=O) groups excluding carboxylic acids is 2. The number of carbonyl (C=O) groups is 3. The smallest absolute Gasteiger partial charge is 0.319 e. The zero-order valence-electron chi connectivity index (χ0n) is 16.9. The predicted molar refractivity (Wildman–Crippen MR) is 108 cm³/mol. The van der Waals surface area contributed by atoms with E-state index in [0.717, 1.165) is 12.8 Å². The predicted octanol–water partition coefficient (Wildman–Crippen LogP) is 2.27. The molecule has 0 spiro atoms. The van der Waals surface area contributed by atoms with Crippen LogP contribution < -0.4 is 16.0 Å². The fraction of sp³-hybridized carbons (Fsp3) is 0.550. The number of hydrogen-bond donors (Lipinski definition) is 4. The van der Waals surface area contributed by atoms with Gasteiger partial charge in [-0.05, 0) is 58.4 Å². The van der Waals surface area contributed by atoms with Gasteiger partial charge in [-0.25, -0.2) is 4.79 Å². The summed E-state index contributed by atoms with van der Waals surface area (Å²) in [5, 5.41) is 17.5. The van der Waals surface area contributed by atoms with Gasteiger partial charge in [-0.2, -0.15) is 0 Å². The summed E-state index contributed by atoms with van der Waals surface area (Å²) < 4.78 is 0. The lowest BCUT2D eigenvalue weighted by Gasteiger charge is -2.42. The van der Waals surface area contributed by atoms with Crippen molar-refractivity contribution in [1.82, 2.24) is 15.5 Å². The highest BCUT2D eigenvalue weighted by Gasteiger charge is 2.34. The van der Waals surface area contributed by atoms with Crippen LogP contribution in [0, 0.1) is 0 Å². The molecule has 3 amide bonds. The Balaban J connectivity index is 1.84. The van der Waals surface area contributed by atoms with Crippen LogP contribution in [0.3, 0.4) is 0 Å². The highest BCUT2D eigenvalue weighted by molar-refractivity contribution is 5.97. The van der Waals surface area contributed by atoms with Crippen molar-refractivity contribution in [3.8, 4) is 0 Å². The molecule has 28 heavy (non-hydrogen) atoms. The van der Waals surface area contributed by atoms with E-state index in [-0.39, 0.29) is 36.1 Å². The van der Waals surface area contributed by atoms with Gasteiger partial charge in [0.05, 0.1) is 6.54 Å². The summed E-state index contributed by atoms with van der Waals surface area (Å²) in [7, 11) is 0. The maximum Gasteiger partial charge on any atom is 0.319 e. The number of benzene rings is 1. The Hall–Kier alpha value is -2.61. The molecular weight excluding hydrogens is 360 g/mol. The number of amides is 3. The number of carboxylic acids is 1. The summed E-state index contributed by atoms with van der Waals surface area (Å²) in [5.74, 6) is -1.04. The quantitative estimate of drug-likeness (QED) is 0.571. The first-order valence-corrected chi connectivity index (χ1v) is 9.53. The third kappa shape index (κ3) is 6.53. The van der Waals surface area contributed by atoms with Crippen LogP contribution >= 0.6 is 0 Å². The SMILES string of the molecule is CCN(CC(=O)O)C1CC(NC(=O)Nc2cccc(C(=O)NC(C)(C)C)c2)C1. The largest absolute Gasteiger partial charge is 0.480 e. The van der Waals surface area contributed by atoms with Crippen molar-refractivity contribution >= 4 is 23.6 Å². The summed E-state index contributed by atoms with van der Waals surface area (Å²) in [5.41, 5.74) is 0.672. The number of hydrogen-bond acceptors (Lipinski definition) is 4. The lowest BCUT2D eigenvalue weighted by atomic mass is 9.85. The molecule has 8 nitrogen and oxygen atoms in total. The maximum absolute atomic E-state index is 12.3. The number of aliphatic carboxylic acids is 1. The summed E-state index contributed by atoms with van der Waals surface area (Å²) in [4.78, 5) is 37.2. The molecular formula is C20H30N4O4. The van der Waals surface area contributed by atoms with Crippen molar-refractivity contribution in [2.45, 2.75) is 58.2 Å². The van der Waals surface area contributed by atoms with Crippen LogP contribution in [0.25, 0.3) is 0 Å². The normalized spacial score (nSPS) is 18.9. The summed E-state index contributed by atoms with van der Waals surface area (Å²) in [6.07, 6.45) is 1.45. The number of carboxylic acid groups (broad SMARTS) is 1. The van der Waals surface area contributed by atoms with Gasteiger partial charge in [0, 0.05) is 28.9 Å². The standard InChI is InChI=1S/C20H30N4O4/c1-5-24(12-17(25)26)16-10-15(11-16)22-19(28)21-14-8-6-7-13(9-14)18(27)23-20(2,3)4/h6-9,15-16H,5,10-12H2,1-4H3,(H,23,27)(H,25,26)(H2,21,22,28). The van der Waals surface area contributed by atoms with Crippen LogP contribution in [-0.4, -0.2) is 58.6 Å². The molecule has 0 saturated heterocycles. The molecule has 1 aromatic carbocycles. The molecule has 1 aliphatic rings. The Morgan fingerprint density at radius 3 is 2.46 bits per heavy atom. The Morgan fingerprint density at radius 1 is 1.21 bits per heavy atom. The Kier molecular flexibility index (Phi) is 7.01. The van der Waals surface area contributed by atoms with Gasteiger partial charge in [0.15, 0.2) is 0 Å². The van der Waals surface area contributed by atoms with Crippen LogP contribution in [0.4, 0.5) is 10.5 Å². The zero-order chi connectivity index (χ0) is 20.9. The molecule has 0 atom stereocenters. The molecule has 154 valence electrons. The first kappa shape index (κ1) is 21.7. The highest BCUT2D eigenvalue weighted by Crippen LogP contribution is 2.25. The second kappa shape index (κ2) is 9.05. The van der Waals surface area contributed by atoms with Gasteiger partial charge in [0.25, 0.3) is 5.91 Å². The molecule has 0 aliphatic heterocycles. The van der Waals surface area contributed by atoms with E-state index in [9.17, 15) is 14.4 Å². The van der Waals surface area contributed by atoms with Gasteiger partial charge >= 0.3 is 12.0 Å². The second-order valence-electron chi connectivity index (χ2n) is 8.16. The molecule has 0 radical (unpaired) electrons. The third-order valence-corrected chi connectivity index (χ3v) is 4.58. The second-order valence-corrected chi connectivity index (χ2v) is 8.16. The number of anilines is 1. The molecule has 0 unspecified atom stereocenters. The van der Waals surface area contributed by atoms with E-state index in [2.05, 4.69) is 16.0 Å². The molecule has 2 rings (SSSR count). The molecule has 1 fully saturated rings. The summed E-state index contributed by atoms with van der Waals surface area (Å²) in [6.45, 7) is 8.33. The van der Waals surface area contributed by atoms with Crippen molar-refractivity contribution in [1.29, 1.82) is 0 Å². The van der Waals surface area contributed by atoms with Crippen molar-refractivity contribution in [2.24, 2.45) is 0 Å². The fourth-order valence-electron chi connectivity index (χ4n) is 3.18. The Bertz CT molecular complexity index is 723. The lowest BCUT2D eigenvalue weighted by Crippen LogP contribution is -2.55. The van der Waals surface area contributed by atoms with Gasteiger partial charge in [0.1, 0.15) is 0 Å². The number of urea groups is 1. The lowest BCUT2D eigenvalue weighted by molar-refractivity contribution is -0.139. The van der Waals surface area contributed by atoms with Gasteiger partial charge in [-0.3, -0.25) is 14.5 Å². The topological polar surface area (TPSA) is 111 Å². The van der Waals surface area contributed by atoms with E-state index in [0.29, 0.717) is 17.8 Å². The first-order valence-electron chi connectivity index (χ1n) is 9.53. The van der Waals surface area contributed by atoms with Gasteiger partial charge in [-0.15, -0.1) is 0 Å². The minimum Gasteiger partial charge on any atom is -0.480 e. The van der Waals surface area contributed by atoms with E-state index in [1.165, 1.54) is 0 Å². The van der Waals surface area contributed by atoms with Crippen molar-refractivity contribution in [3.63, 3.8) is 0 Å². The van der Waals surface area contributed by atoms with E-state index < -0.39 is 5.97 Å². The molecule has 0 bridgehead atoms. The van der Waals surface area contributed by atoms with E-state index in [1.54, 1.807) is 24.3 Å². The van der Waals surface area contributed by atoms with Crippen molar-refractivity contribution in [2.75, 3.05) is 18.4 Å². The molecule has 1 aliphatic carbocycles. The fourth-order valence-corrected chi connectivity index (χ4v) is 3.18. The molecule has 0 aromatic heterocycles. The van der Waals surface area contributed by atoms with Crippen LogP contribution in [0.2, 0.25) is 0 Å². The molecule has 0 heterocycles. The summed E-state index contributed by atoms with van der Waals surface area (Å²) in [6, 6.07) is 6.63. The minimum atomic E-state index is -0.841. The van der Waals surface area contributed by atoms with Crippen molar-refractivity contribution < 1.29 is 19.5 Å². The van der Waals surface area contributed by atoms with E-state index in [4.69, 9.17) is 5.11 Å². The molecule has 8 heteroatoms. The molecule has 1 aromatic rings. The van der Waals surface area contributed by atoms with Gasteiger partial charge in [0.2, 0.25) is 0 Å². The average Bonchev–Trinajstić information content (AvgIpc) is 2.54. The van der Waals surface area contributed by atoms with Crippen LogP contribution in [0.1, 0.15) is 50.9 Å². The monoisotopic (exact) mass is 390 g/mol. The van der Waals surface area contributed by atoms with Gasteiger partial charge < -0.3 is 21.1 Å². The molecule has 4 N–H and O–H groups in total. The van der Waals surface area contributed by atoms with E-state index >= 15 is 0 Å². The van der Waals surface area contributed by atoms with Crippen LogP contribution in [-0.2, 0) is 4.79 Å². The van der Waals surface area contributed by atoms with Crippen molar-refractivity contribution in [3.05, 3.63) is 29.8 Å². The van der Waals surface area contributed by atoms with E-state index in [1.807, 2.05) is 32.6 Å². The highest BCUT2D eigenvalue weighted by atomic mass is 16.4. The van der Waals surface area contributed by atoms with Crippen LogP contribution in [0.5, 0.6) is 0 Å². The average molecular weight is 390 g/mol. The van der Waals surface area contributed by atoms with Crippen LogP contribution in [0.15, 0.2) is 24.3 Å². The Morgan fingerprint density at radius 2 is 1.89 bits per heavy atom. The van der Waals surface area contributed by atoms with Gasteiger partial charge in [-0.1, -0.05) is 13.0 Å². The number of rotatable bonds is 7. The minimum absolute atomic E-state index is 0.0141.